The monoisotopic (exact) mass is 516 g/mol. The Kier molecular flexibility index (Phi) is 9.26. The van der Waals surface area contributed by atoms with E-state index in [0.717, 1.165) is 59.4 Å². The van der Waals surface area contributed by atoms with Crippen LogP contribution in [0.3, 0.4) is 0 Å². The van der Waals surface area contributed by atoms with Crippen molar-refractivity contribution in [3.63, 3.8) is 0 Å². The summed E-state index contributed by atoms with van der Waals surface area (Å²) in [7, 11) is 0. The van der Waals surface area contributed by atoms with Gasteiger partial charge in [0.25, 0.3) is 0 Å². The number of carbonyl (C=O) groups excluding carboxylic acids is 1. The molecule has 4 aromatic rings. The Morgan fingerprint density at radius 3 is 2.34 bits per heavy atom. The maximum absolute atomic E-state index is 11.1. The van der Waals surface area contributed by atoms with Crippen LogP contribution in [0.5, 0.6) is 5.75 Å². The standard InChI is InChI=1S/C32H31NO4.Na/c1-21-11-15-25(16-12-21)30-31(26-17-13-22(2)14-18-26)35-32(33-30)29-10-5-4-8-27(29)19-24-7-6-9-28(20-24)37-36-23(3)34;/h6-7,9-18,20,27H,4-5,8,19H2,1-3H3;. The molecule has 38 heavy (non-hydrogen) atoms. The molecule has 5 rings (SSSR count). The zero-order valence-corrected chi connectivity index (χ0v) is 24.5. The first kappa shape index (κ1) is 27.9. The summed E-state index contributed by atoms with van der Waals surface area (Å²) in [5, 5.41) is 0. The second-order valence-electron chi connectivity index (χ2n) is 9.73. The van der Waals surface area contributed by atoms with Crippen molar-refractivity contribution < 1.29 is 19.0 Å². The third-order valence-corrected chi connectivity index (χ3v) is 6.71. The topological polar surface area (TPSA) is 61.6 Å². The first-order valence-electron chi connectivity index (χ1n) is 12.8. The molecule has 6 heteroatoms. The summed E-state index contributed by atoms with van der Waals surface area (Å²) < 4.78 is 6.56. The summed E-state index contributed by atoms with van der Waals surface area (Å²) in [6.07, 6.45) is 6.25. The average molecular weight is 517 g/mol. The minimum absolute atomic E-state index is 0. The number of rotatable bonds is 7. The first-order chi connectivity index (χ1) is 18.0. The molecule has 1 unspecified atom stereocenters. The fourth-order valence-corrected chi connectivity index (χ4v) is 4.78. The molecule has 0 bridgehead atoms. The quantitative estimate of drug-likeness (QED) is 0.144. The van der Waals surface area contributed by atoms with Crippen molar-refractivity contribution in [2.45, 2.75) is 46.5 Å². The molecule has 1 aliphatic carbocycles. The van der Waals surface area contributed by atoms with E-state index in [1.165, 1.54) is 18.1 Å². The minimum Gasteiger partial charge on any atom is -0.436 e. The van der Waals surface area contributed by atoms with Crippen LogP contribution in [0.25, 0.3) is 28.2 Å². The number of aromatic nitrogens is 1. The maximum atomic E-state index is 11.1. The van der Waals surface area contributed by atoms with E-state index in [-0.39, 0.29) is 35.5 Å². The molecular weight excluding hydrogens is 485 g/mol. The summed E-state index contributed by atoms with van der Waals surface area (Å²) in [4.78, 5) is 26.0. The fraction of sp³-hybridized carbons (Fsp3) is 0.250. The van der Waals surface area contributed by atoms with Gasteiger partial charge in [0.05, 0.1) is 0 Å². The molecule has 0 amide bonds. The molecule has 1 aromatic heterocycles. The molecule has 0 N–H and O–H groups in total. The van der Waals surface area contributed by atoms with Gasteiger partial charge >= 0.3 is 5.97 Å². The predicted octanol–water partition coefficient (Wildman–Crippen LogP) is 7.53. The van der Waals surface area contributed by atoms with Gasteiger partial charge in [-0.15, -0.1) is 0 Å². The number of hydrogen-bond acceptors (Lipinski definition) is 5. The molecule has 1 heterocycles. The van der Waals surface area contributed by atoms with Crippen molar-refractivity contribution in [2.75, 3.05) is 0 Å². The van der Waals surface area contributed by atoms with Crippen molar-refractivity contribution in [1.82, 2.24) is 4.98 Å². The van der Waals surface area contributed by atoms with Gasteiger partial charge in [-0.3, -0.25) is 9.78 Å². The van der Waals surface area contributed by atoms with Crippen LogP contribution < -0.4 is 4.89 Å². The number of aryl methyl sites for hydroxylation is 2. The van der Waals surface area contributed by atoms with Crippen molar-refractivity contribution in [3.05, 3.63) is 101 Å². The Bertz CT molecular complexity index is 1360. The van der Waals surface area contributed by atoms with Gasteiger partial charge in [-0.25, -0.2) is 9.78 Å². The van der Waals surface area contributed by atoms with Gasteiger partial charge in [-0.05, 0) is 63.1 Å². The maximum Gasteiger partial charge on any atom is 0.352 e. The number of allylic oxidation sites excluding steroid dienone is 2. The van der Waals surface area contributed by atoms with Gasteiger partial charge in [-0.2, -0.15) is 0 Å². The largest absolute Gasteiger partial charge is 0.436 e. The Morgan fingerprint density at radius 1 is 0.974 bits per heavy atom. The van der Waals surface area contributed by atoms with Crippen LogP contribution in [0.1, 0.15) is 48.8 Å². The van der Waals surface area contributed by atoms with Crippen molar-refractivity contribution in [3.8, 4) is 28.3 Å². The van der Waals surface area contributed by atoms with Crippen LogP contribution >= 0.6 is 0 Å². The third-order valence-electron chi connectivity index (χ3n) is 6.71. The first-order valence-corrected chi connectivity index (χ1v) is 12.8. The average Bonchev–Trinajstić information content (AvgIpc) is 3.34. The molecule has 1 aliphatic rings. The van der Waals surface area contributed by atoms with E-state index in [2.05, 4.69) is 74.5 Å². The van der Waals surface area contributed by atoms with E-state index in [9.17, 15) is 4.79 Å². The number of carbonyl (C=O) groups is 1. The van der Waals surface area contributed by atoms with Crippen LogP contribution in [-0.2, 0) is 16.1 Å². The summed E-state index contributed by atoms with van der Waals surface area (Å²) >= 11 is 0. The van der Waals surface area contributed by atoms with Crippen LogP contribution in [0, 0.1) is 19.8 Å². The Balaban J connectivity index is 0.00000336. The molecular formula is C32H31NNaO4. The smallest absolute Gasteiger partial charge is 0.352 e. The van der Waals surface area contributed by atoms with Gasteiger partial charge in [0.2, 0.25) is 5.89 Å². The molecule has 0 spiro atoms. The van der Waals surface area contributed by atoms with Gasteiger partial charge in [0.1, 0.15) is 5.69 Å². The number of hydrogen-bond donors (Lipinski definition) is 0. The molecule has 1 radical (unpaired) electrons. The summed E-state index contributed by atoms with van der Waals surface area (Å²) in [6, 6.07) is 24.5. The molecule has 0 fully saturated rings. The SMILES string of the molecule is CC(=O)OOc1cccc(CC2CCCC=C2c2nc(-c3ccc(C)cc3)c(-c3ccc(C)cc3)o2)c1.[Na]. The summed E-state index contributed by atoms with van der Waals surface area (Å²) in [5.41, 5.74) is 7.58. The van der Waals surface area contributed by atoms with Crippen molar-refractivity contribution in [1.29, 1.82) is 0 Å². The van der Waals surface area contributed by atoms with Gasteiger partial charge in [0, 0.05) is 53.2 Å². The van der Waals surface area contributed by atoms with Crippen LogP contribution in [0.15, 0.2) is 83.3 Å². The fourth-order valence-electron chi connectivity index (χ4n) is 4.78. The van der Waals surface area contributed by atoms with E-state index in [1.807, 2.05) is 12.1 Å². The van der Waals surface area contributed by atoms with E-state index in [0.29, 0.717) is 11.6 Å². The zero-order valence-electron chi connectivity index (χ0n) is 22.5. The summed E-state index contributed by atoms with van der Waals surface area (Å²) in [6.45, 7) is 5.48. The molecule has 0 saturated heterocycles. The molecule has 1 atom stereocenters. The Labute approximate surface area is 246 Å². The van der Waals surface area contributed by atoms with Gasteiger partial charge in [-0.1, -0.05) is 77.9 Å². The van der Waals surface area contributed by atoms with Crippen molar-refractivity contribution >= 4 is 41.1 Å². The second-order valence-corrected chi connectivity index (χ2v) is 9.73. The van der Waals surface area contributed by atoms with Gasteiger partial charge in [0.15, 0.2) is 11.5 Å². The molecule has 189 valence electrons. The summed E-state index contributed by atoms with van der Waals surface area (Å²) in [5.74, 6) is 1.76. The third kappa shape index (κ3) is 6.65. The molecule has 5 nitrogen and oxygen atoms in total. The predicted molar refractivity (Wildman–Crippen MR) is 150 cm³/mol. The zero-order chi connectivity index (χ0) is 25.8. The second kappa shape index (κ2) is 12.6. The molecule has 0 saturated carbocycles. The van der Waals surface area contributed by atoms with E-state index >= 15 is 0 Å². The Morgan fingerprint density at radius 2 is 1.66 bits per heavy atom. The Hall–Kier alpha value is -3.12. The van der Waals surface area contributed by atoms with Gasteiger partial charge < -0.3 is 4.42 Å². The van der Waals surface area contributed by atoms with Crippen LogP contribution in [0.4, 0.5) is 0 Å². The molecule has 3 aromatic carbocycles. The normalized spacial score (nSPS) is 14.8. The minimum atomic E-state index is -0.486. The molecule has 0 aliphatic heterocycles. The number of nitrogens with zero attached hydrogens (tertiary/aromatic N) is 1. The van der Waals surface area contributed by atoms with E-state index in [4.69, 9.17) is 19.2 Å². The van der Waals surface area contributed by atoms with Crippen LogP contribution in [0.2, 0.25) is 0 Å². The van der Waals surface area contributed by atoms with Crippen molar-refractivity contribution in [2.24, 2.45) is 5.92 Å². The van der Waals surface area contributed by atoms with Crippen LogP contribution in [-0.4, -0.2) is 40.5 Å². The number of benzene rings is 3. The van der Waals surface area contributed by atoms with E-state index < -0.39 is 5.97 Å². The van der Waals surface area contributed by atoms with E-state index in [1.54, 1.807) is 6.07 Å². The number of oxazole rings is 1.